The minimum absolute atomic E-state index is 0. The van der Waals surface area contributed by atoms with Crippen LogP contribution in [-0.4, -0.2) is 31.2 Å². The number of hydrogen-bond acceptors (Lipinski definition) is 3. The number of piperazine rings is 1. The maximum absolute atomic E-state index is 4.86. The third-order valence-corrected chi connectivity index (χ3v) is 4.22. The number of benzene rings is 2. The van der Waals surface area contributed by atoms with Gasteiger partial charge in [0.2, 0.25) is 0 Å². The Hall–Kier alpha value is -2.10. The molecule has 2 aromatic carbocycles. The maximum atomic E-state index is 4.86. The van der Waals surface area contributed by atoms with Crippen molar-refractivity contribution in [2.45, 2.75) is 0 Å². The molecule has 0 amide bonds. The number of fused-ring (bicyclic) bond motifs is 1. The average Bonchev–Trinajstić information content (AvgIpc) is 2.62. The lowest BCUT2D eigenvalue weighted by Crippen LogP contribution is -2.43. The zero-order valence-electron chi connectivity index (χ0n) is 12.9. The molecule has 1 aliphatic heterocycles. The van der Waals surface area contributed by atoms with Gasteiger partial charge in [0, 0.05) is 42.8 Å². The van der Waals surface area contributed by atoms with E-state index in [0.717, 1.165) is 37.4 Å². The van der Waals surface area contributed by atoms with Gasteiger partial charge >= 0.3 is 0 Å². The summed E-state index contributed by atoms with van der Waals surface area (Å²) in [4.78, 5) is 7.32. The Morgan fingerprint density at radius 2 is 1.57 bits per heavy atom. The molecule has 0 spiro atoms. The van der Waals surface area contributed by atoms with Crippen LogP contribution in [0, 0.1) is 0 Å². The summed E-state index contributed by atoms with van der Waals surface area (Å²) in [6.07, 6.45) is 0. The van der Waals surface area contributed by atoms with Gasteiger partial charge in [0.15, 0.2) is 0 Å². The first-order chi connectivity index (χ1) is 10.9. The zero-order valence-corrected chi connectivity index (χ0v) is 13.7. The summed E-state index contributed by atoms with van der Waals surface area (Å²) in [5.74, 6) is 0. The van der Waals surface area contributed by atoms with E-state index < -0.39 is 0 Å². The number of para-hydroxylation sites is 1. The summed E-state index contributed by atoms with van der Waals surface area (Å²) in [6, 6.07) is 21.1. The van der Waals surface area contributed by atoms with E-state index in [0.29, 0.717) is 0 Å². The van der Waals surface area contributed by atoms with Crippen molar-refractivity contribution in [2.75, 3.05) is 31.1 Å². The third-order valence-electron chi connectivity index (χ3n) is 4.22. The molecule has 0 bridgehead atoms. The molecule has 0 radical (unpaired) electrons. The lowest BCUT2D eigenvalue weighted by Gasteiger charge is -2.30. The topological polar surface area (TPSA) is 28.2 Å². The van der Waals surface area contributed by atoms with Crippen LogP contribution in [0.3, 0.4) is 0 Å². The fourth-order valence-electron chi connectivity index (χ4n) is 3.08. The highest BCUT2D eigenvalue weighted by Crippen LogP contribution is 2.31. The Morgan fingerprint density at radius 3 is 2.35 bits per heavy atom. The SMILES string of the molecule is Cl.c1ccc(-c2cc(N3CCNCC3)c3ccccc3n2)cc1. The Morgan fingerprint density at radius 1 is 0.870 bits per heavy atom. The molecule has 2 heterocycles. The summed E-state index contributed by atoms with van der Waals surface area (Å²) in [6.45, 7) is 4.17. The number of nitrogens with one attached hydrogen (secondary N) is 1. The standard InChI is InChI=1S/C19H19N3.ClH/c1-2-6-15(7-3-1)18-14-19(22-12-10-20-11-13-22)16-8-4-5-9-17(16)21-18;/h1-9,14,20H,10-13H2;1H. The summed E-state index contributed by atoms with van der Waals surface area (Å²) in [7, 11) is 0. The molecule has 4 heteroatoms. The summed E-state index contributed by atoms with van der Waals surface area (Å²) < 4.78 is 0. The van der Waals surface area contributed by atoms with Gasteiger partial charge in [-0.3, -0.25) is 0 Å². The Balaban J connectivity index is 0.00000156. The van der Waals surface area contributed by atoms with Crippen molar-refractivity contribution in [1.82, 2.24) is 10.3 Å². The zero-order chi connectivity index (χ0) is 14.8. The molecule has 3 nitrogen and oxygen atoms in total. The van der Waals surface area contributed by atoms with Crippen LogP contribution in [0.15, 0.2) is 60.7 Å². The van der Waals surface area contributed by atoms with Crippen molar-refractivity contribution in [3.05, 3.63) is 60.7 Å². The fourth-order valence-corrected chi connectivity index (χ4v) is 3.08. The molecule has 0 atom stereocenters. The van der Waals surface area contributed by atoms with Gasteiger partial charge in [-0.1, -0.05) is 48.5 Å². The average molecular weight is 326 g/mol. The first-order valence-electron chi connectivity index (χ1n) is 7.83. The van der Waals surface area contributed by atoms with E-state index in [1.807, 2.05) is 6.07 Å². The van der Waals surface area contributed by atoms with Gasteiger partial charge in [0.05, 0.1) is 11.2 Å². The first-order valence-corrected chi connectivity index (χ1v) is 7.83. The Kier molecular flexibility index (Phi) is 4.79. The highest BCUT2D eigenvalue weighted by Gasteiger charge is 2.15. The quantitative estimate of drug-likeness (QED) is 0.778. The first kappa shape index (κ1) is 15.8. The van der Waals surface area contributed by atoms with E-state index in [1.165, 1.54) is 16.6 Å². The molecule has 1 fully saturated rings. The van der Waals surface area contributed by atoms with Crippen molar-refractivity contribution >= 4 is 29.0 Å². The second-order valence-electron chi connectivity index (χ2n) is 5.65. The number of rotatable bonds is 2. The van der Waals surface area contributed by atoms with Crippen molar-refractivity contribution in [3.63, 3.8) is 0 Å². The minimum Gasteiger partial charge on any atom is -0.368 e. The molecular weight excluding hydrogens is 306 g/mol. The third kappa shape index (κ3) is 3.16. The maximum Gasteiger partial charge on any atom is 0.0730 e. The predicted octanol–water partition coefficient (Wildman–Crippen LogP) is 3.73. The van der Waals surface area contributed by atoms with Gasteiger partial charge in [-0.25, -0.2) is 4.98 Å². The van der Waals surface area contributed by atoms with Crippen LogP contribution in [0.5, 0.6) is 0 Å². The second-order valence-corrected chi connectivity index (χ2v) is 5.65. The molecule has 1 saturated heterocycles. The molecular formula is C19H20ClN3. The molecule has 23 heavy (non-hydrogen) atoms. The van der Waals surface area contributed by atoms with Gasteiger partial charge < -0.3 is 10.2 Å². The van der Waals surface area contributed by atoms with E-state index in [2.05, 4.69) is 64.8 Å². The second kappa shape index (κ2) is 6.99. The molecule has 1 N–H and O–H groups in total. The Bertz CT molecular complexity index is 783. The Labute approximate surface area is 142 Å². The monoisotopic (exact) mass is 325 g/mol. The molecule has 3 aromatic rings. The fraction of sp³-hybridized carbons (Fsp3) is 0.211. The summed E-state index contributed by atoms with van der Waals surface area (Å²) in [5, 5.41) is 4.66. The van der Waals surface area contributed by atoms with E-state index in [9.17, 15) is 0 Å². The largest absolute Gasteiger partial charge is 0.368 e. The minimum atomic E-state index is 0. The number of halogens is 1. The highest BCUT2D eigenvalue weighted by atomic mass is 35.5. The van der Waals surface area contributed by atoms with E-state index >= 15 is 0 Å². The van der Waals surface area contributed by atoms with E-state index in [-0.39, 0.29) is 12.4 Å². The number of pyridine rings is 1. The lowest BCUT2D eigenvalue weighted by molar-refractivity contribution is 0.590. The van der Waals surface area contributed by atoms with Crippen molar-refractivity contribution in [1.29, 1.82) is 0 Å². The van der Waals surface area contributed by atoms with Crippen LogP contribution >= 0.6 is 12.4 Å². The van der Waals surface area contributed by atoms with Gasteiger partial charge in [-0.05, 0) is 12.1 Å². The number of hydrogen-bond donors (Lipinski definition) is 1. The predicted molar refractivity (Wildman–Crippen MR) is 99.5 cm³/mol. The van der Waals surface area contributed by atoms with Crippen molar-refractivity contribution in [3.8, 4) is 11.3 Å². The van der Waals surface area contributed by atoms with Crippen LogP contribution in [0.1, 0.15) is 0 Å². The van der Waals surface area contributed by atoms with Crippen molar-refractivity contribution < 1.29 is 0 Å². The van der Waals surface area contributed by atoms with E-state index in [4.69, 9.17) is 4.98 Å². The van der Waals surface area contributed by atoms with E-state index in [1.54, 1.807) is 0 Å². The van der Waals surface area contributed by atoms with Gasteiger partial charge in [-0.2, -0.15) is 0 Å². The molecule has 118 valence electrons. The van der Waals surface area contributed by atoms with Crippen LogP contribution in [0.25, 0.3) is 22.2 Å². The number of nitrogens with zero attached hydrogens (tertiary/aromatic N) is 2. The normalized spacial score (nSPS) is 14.5. The molecule has 4 rings (SSSR count). The van der Waals surface area contributed by atoms with Crippen LogP contribution < -0.4 is 10.2 Å². The van der Waals surface area contributed by atoms with Crippen LogP contribution in [0.2, 0.25) is 0 Å². The summed E-state index contributed by atoms with van der Waals surface area (Å²) in [5.41, 5.74) is 4.58. The summed E-state index contributed by atoms with van der Waals surface area (Å²) >= 11 is 0. The number of anilines is 1. The smallest absolute Gasteiger partial charge is 0.0730 e. The molecule has 1 aliphatic rings. The van der Waals surface area contributed by atoms with Crippen molar-refractivity contribution in [2.24, 2.45) is 0 Å². The van der Waals surface area contributed by atoms with Crippen LogP contribution in [-0.2, 0) is 0 Å². The van der Waals surface area contributed by atoms with Gasteiger partial charge in [-0.15, -0.1) is 12.4 Å². The molecule has 1 aromatic heterocycles. The molecule has 0 aliphatic carbocycles. The lowest BCUT2D eigenvalue weighted by atomic mass is 10.1. The highest BCUT2D eigenvalue weighted by molar-refractivity contribution is 5.94. The van der Waals surface area contributed by atoms with Crippen LogP contribution in [0.4, 0.5) is 5.69 Å². The molecule has 0 unspecified atom stereocenters. The van der Waals surface area contributed by atoms with Gasteiger partial charge in [0.1, 0.15) is 0 Å². The molecule has 0 saturated carbocycles. The number of aromatic nitrogens is 1. The van der Waals surface area contributed by atoms with Gasteiger partial charge in [0.25, 0.3) is 0 Å².